The lowest BCUT2D eigenvalue weighted by molar-refractivity contribution is -0.116. The Kier molecular flexibility index (Phi) is 7.45. The highest BCUT2D eigenvalue weighted by atomic mass is 32.2. The van der Waals surface area contributed by atoms with E-state index >= 15 is 0 Å². The lowest BCUT2D eigenvalue weighted by Gasteiger charge is -2.13. The van der Waals surface area contributed by atoms with Gasteiger partial charge >= 0.3 is 0 Å². The molecule has 28 heavy (non-hydrogen) atoms. The number of hydrogen-bond donors (Lipinski definition) is 2. The molecule has 0 heterocycles. The average molecular weight is 405 g/mol. The summed E-state index contributed by atoms with van der Waals surface area (Å²) >= 11 is 0. The van der Waals surface area contributed by atoms with Crippen molar-refractivity contribution in [3.63, 3.8) is 0 Å². The molecular weight excluding hydrogens is 376 g/mol. The summed E-state index contributed by atoms with van der Waals surface area (Å²) in [5.41, 5.74) is 1.50. The SMILES string of the molecule is CCOc1ccc(NS(=O)(=O)c2cc(NC(=O)CCC(C)C)ccc2C)cc1. The normalized spacial score (nSPS) is 11.3. The van der Waals surface area contributed by atoms with Crippen molar-refractivity contribution in [1.29, 1.82) is 0 Å². The number of sulfonamides is 1. The molecule has 0 aliphatic carbocycles. The molecule has 0 saturated heterocycles. The van der Waals surface area contributed by atoms with Crippen LogP contribution in [-0.4, -0.2) is 20.9 Å². The van der Waals surface area contributed by atoms with Gasteiger partial charge in [0.05, 0.1) is 11.5 Å². The number of amides is 1. The second-order valence-corrected chi connectivity index (χ2v) is 8.67. The number of rotatable bonds is 9. The van der Waals surface area contributed by atoms with Crippen molar-refractivity contribution in [1.82, 2.24) is 0 Å². The van der Waals surface area contributed by atoms with Crippen LogP contribution in [0.1, 0.15) is 39.2 Å². The summed E-state index contributed by atoms with van der Waals surface area (Å²) in [5.74, 6) is 0.978. The summed E-state index contributed by atoms with van der Waals surface area (Å²) in [6.45, 7) is 8.25. The molecule has 2 aromatic carbocycles. The van der Waals surface area contributed by atoms with Gasteiger partial charge in [0.1, 0.15) is 5.75 Å². The highest BCUT2D eigenvalue weighted by molar-refractivity contribution is 7.92. The van der Waals surface area contributed by atoms with Gasteiger partial charge < -0.3 is 10.1 Å². The second-order valence-electron chi connectivity index (χ2n) is 7.02. The van der Waals surface area contributed by atoms with Gasteiger partial charge in [-0.25, -0.2) is 8.42 Å². The second kappa shape index (κ2) is 9.59. The van der Waals surface area contributed by atoms with Crippen molar-refractivity contribution in [3.05, 3.63) is 48.0 Å². The minimum Gasteiger partial charge on any atom is -0.494 e. The van der Waals surface area contributed by atoms with Gasteiger partial charge in [-0.1, -0.05) is 19.9 Å². The van der Waals surface area contributed by atoms with Crippen LogP contribution in [0.4, 0.5) is 11.4 Å². The highest BCUT2D eigenvalue weighted by Crippen LogP contribution is 2.24. The number of hydrogen-bond acceptors (Lipinski definition) is 4. The first-order chi connectivity index (χ1) is 13.2. The first-order valence-corrected chi connectivity index (χ1v) is 10.9. The van der Waals surface area contributed by atoms with Crippen LogP contribution >= 0.6 is 0 Å². The van der Waals surface area contributed by atoms with Crippen LogP contribution < -0.4 is 14.8 Å². The maximum atomic E-state index is 12.8. The summed E-state index contributed by atoms with van der Waals surface area (Å²) in [7, 11) is -3.80. The molecule has 0 aromatic heterocycles. The maximum Gasteiger partial charge on any atom is 0.262 e. The molecule has 2 aromatic rings. The van der Waals surface area contributed by atoms with Crippen LogP contribution in [0.15, 0.2) is 47.4 Å². The maximum absolute atomic E-state index is 12.8. The Hall–Kier alpha value is -2.54. The van der Waals surface area contributed by atoms with Gasteiger partial charge in [-0.05, 0) is 68.1 Å². The zero-order valence-corrected chi connectivity index (χ0v) is 17.6. The first kappa shape index (κ1) is 21.8. The zero-order valence-electron chi connectivity index (χ0n) is 16.8. The number of benzene rings is 2. The van der Waals surface area contributed by atoms with Crippen LogP contribution in [0.25, 0.3) is 0 Å². The minimum absolute atomic E-state index is 0.125. The lowest BCUT2D eigenvalue weighted by atomic mass is 10.1. The number of aryl methyl sites for hydroxylation is 1. The number of anilines is 2. The van der Waals surface area contributed by atoms with E-state index in [-0.39, 0.29) is 10.8 Å². The van der Waals surface area contributed by atoms with E-state index in [1.165, 1.54) is 6.07 Å². The summed E-state index contributed by atoms with van der Waals surface area (Å²) in [5, 5.41) is 2.77. The molecule has 0 saturated carbocycles. The van der Waals surface area contributed by atoms with Crippen molar-refractivity contribution >= 4 is 27.3 Å². The zero-order chi connectivity index (χ0) is 20.7. The van der Waals surface area contributed by atoms with Crippen LogP contribution in [0.3, 0.4) is 0 Å². The van der Waals surface area contributed by atoms with Gasteiger partial charge in [-0.15, -0.1) is 0 Å². The topological polar surface area (TPSA) is 84.5 Å². The van der Waals surface area contributed by atoms with Crippen LogP contribution in [-0.2, 0) is 14.8 Å². The van der Waals surface area contributed by atoms with E-state index < -0.39 is 10.0 Å². The quantitative estimate of drug-likeness (QED) is 0.641. The van der Waals surface area contributed by atoms with E-state index in [0.29, 0.717) is 41.6 Å². The van der Waals surface area contributed by atoms with E-state index in [0.717, 1.165) is 6.42 Å². The van der Waals surface area contributed by atoms with Gasteiger partial charge in [-0.2, -0.15) is 0 Å². The van der Waals surface area contributed by atoms with Crippen molar-refractivity contribution in [2.75, 3.05) is 16.6 Å². The van der Waals surface area contributed by atoms with E-state index in [4.69, 9.17) is 4.74 Å². The molecule has 0 aliphatic rings. The van der Waals surface area contributed by atoms with E-state index in [9.17, 15) is 13.2 Å². The molecular formula is C21H28N2O4S. The molecule has 1 amide bonds. The Morgan fingerprint density at radius 3 is 2.32 bits per heavy atom. The largest absolute Gasteiger partial charge is 0.494 e. The molecule has 0 atom stereocenters. The van der Waals surface area contributed by atoms with Crippen molar-refractivity contribution < 1.29 is 17.9 Å². The molecule has 0 fully saturated rings. The van der Waals surface area contributed by atoms with Gasteiger partial charge in [-0.3, -0.25) is 9.52 Å². The lowest BCUT2D eigenvalue weighted by Crippen LogP contribution is -2.16. The smallest absolute Gasteiger partial charge is 0.262 e. The molecule has 7 heteroatoms. The molecule has 2 rings (SSSR count). The molecule has 6 nitrogen and oxygen atoms in total. The molecule has 0 aliphatic heterocycles. The Morgan fingerprint density at radius 2 is 1.71 bits per heavy atom. The predicted octanol–water partition coefficient (Wildman–Crippen LogP) is 4.57. The number of carbonyl (C=O) groups is 1. The Labute approximate surface area is 167 Å². The summed E-state index contributed by atoms with van der Waals surface area (Å²) in [6, 6.07) is 11.6. The van der Waals surface area contributed by atoms with Crippen molar-refractivity contribution in [2.24, 2.45) is 5.92 Å². The van der Waals surface area contributed by atoms with Gasteiger partial charge in [0, 0.05) is 17.8 Å². The monoisotopic (exact) mass is 404 g/mol. The third-order valence-corrected chi connectivity index (χ3v) is 5.65. The molecule has 0 radical (unpaired) electrons. The van der Waals surface area contributed by atoms with Gasteiger partial charge in [0.25, 0.3) is 10.0 Å². The minimum atomic E-state index is -3.80. The summed E-state index contributed by atoms with van der Waals surface area (Å²) in [6.07, 6.45) is 1.18. The average Bonchev–Trinajstić information content (AvgIpc) is 2.63. The molecule has 0 bridgehead atoms. The van der Waals surface area contributed by atoms with E-state index in [1.54, 1.807) is 43.3 Å². The Bertz CT molecular complexity index is 907. The van der Waals surface area contributed by atoms with Crippen molar-refractivity contribution in [3.8, 4) is 5.75 Å². The molecule has 152 valence electrons. The van der Waals surface area contributed by atoms with E-state index in [2.05, 4.69) is 23.9 Å². The number of ether oxygens (including phenoxy) is 1. The van der Waals surface area contributed by atoms with Gasteiger partial charge in [0.15, 0.2) is 0 Å². The Balaban J connectivity index is 2.16. The van der Waals surface area contributed by atoms with Crippen LogP contribution in [0.2, 0.25) is 0 Å². The predicted molar refractivity (Wildman–Crippen MR) is 112 cm³/mol. The molecule has 0 unspecified atom stereocenters. The van der Waals surface area contributed by atoms with Gasteiger partial charge in [0.2, 0.25) is 5.91 Å². The van der Waals surface area contributed by atoms with Crippen LogP contribution in [0, 0.1) is 12.8 Å². The molecule has 0 spiro atoms. The highest BCUT2D eigenvalue weighted by Gasteiger charge is 2.18. The first-order valence-electron chi connectivity index (χ1n) is 9.37. The van der Waals surface area contributed by atoms with E-state index in [1.807, 2.05) is 6.92 Å². The summed E-state index contributed by atoms with van der Waals surface area (Å²) in [4.78, 5) is 12.2. The number of nitrogens with one attached hydrogen (secondary N) is 2. The fourth-order valence-electron chi connectivity index (χ4n) is 2.61. The van der Waals surface area contributed by atoms with Crippen LogP contribution in [0.5, 0.6) is 5.75 Å². The van der Waals surface area contributed by atoms with Crippen molar-refractivity contribution in [2.45, 2.75) is 45.4 Å². The third kappa shape index (κ3) is 6.27. The fourth-order valence-corrected chi connectivity index (χ4v) is 3.94. The molecule has 2 N–H and O–H groups in total. The Morgan fingerprint density at radius 1 is 1.07 bits per heavy atom. The fraction of sp³-hybridized carbons (Fsp3) is 0.381. The standard InChI is InChI=1S/C21H28N2O4S/c1-5-27-19-11-9-17(10-12-19)23-28(25,26)20-14-18(8-7-16(20)4)22-21(24)13-6-15(2)3/h7-12,14-15,23H,5-6,13H2,1-4H3,(H,22,24). The number of carbonyl (C=O) groups excluding carboxylic acids is 1. The third-order valence-electron chi connectivity index (χ3n) is 4.13. The summed E-state index contributed by atoms with van der Waals surface area (Å²) < 4.78 is 33.6.